The monoisotopic (exact) mass is 1250 g/mol. The summed E-state index contributed by atoms with van der Waals surface area (Å²) in [6, 6.07) is 22.1. The molecule has 0 bridgehead atoms. The van der Waals surface area contributed by atoms with Gasteiger partial charge in [-0.3, -0.25) is 19.2 Å². The van der Waals surface area contributed by atoms with Gasteiger partial charge in [0.1, 0.15) is 33.3 Å². The highest BCUT2D eigenvalue weighted by Gasteiger charge is 2.33. The highest BCUT2D eigenvalue weighted by Crippen LogP contribution is 2.22. The SMILES string of the molecule is CCCCC(CC)COC(=O)CC(C(=O)OCC(CC)CCCC)S(=O)(=O)[O-].CCCCC(CC)COC(=O)CC(C(=O)OCC(CC)CCCC)S(=O)(=O)[O-].CC[N+](CC)(CCCCCC[N+](CC)(CC)Cc1ccccc1)Cc1ccccc1. The lowest BCUT2D eigenvalue weighted by molar-refractivity contribution is -0.938. The van der Waals surface area contributed by atoms with Crippen molar-refractivity contribution in [3.63, 3.8) is 0 Å². The van der Waals surface area contributed by atoms with Crippen molar-refractivity contribution >= 4 is 44.1 Å². The summed E-state index contributed by atoms with van der Waals surface area (Å²) in [7, 11) is -10.0. The molecule has 18 heteroatoms. The number of hydrogen-bond acceptors (Lipinski definition) is 14. The zero-order valence-corrected chi connectivity index (χ0v) is 57.3. The topological polar surface area (TPSA) is 220 Å². The predicted octanol–water partition coefficient (Wildman–Crippen LogP) is 14.3. The lowest BCUT2D eigenvalue weighted by Gasteiger charge is -2.38. The number of quaternary nitrogens is 2. The van der Waals surface area contributed by atoms with Crippen LogP contribution < -0.4 is 0 Å². The Morgan fingerprint density at radius 2 is 0.663 bits per heavy atom. The van der Waals surface area contributed by atoms with Crippen LogP contribution in [0.5, 0.6) is 0 Å². The van der Waals surface area contributed by atoms with E-state index in [9.17, 15) is 45.1 Å². The van der Waals surface area contributed by atoms with Crippen molar-refractivity contribution < 1.29 is 73.0 Å². The molecular weight excluding hydrogens is 1130 g/mol. The normalized spacial score (nSPS) is 14.0. The Balaban J connectivity index is 0.00000126. The van der Waals surface area contributed by atoms with Crippen molar-refractivity contribution in [1.29, 1.82) is 0 Å². The molecule has 16 nitrogen and oxygen atoms in total. The van der Waals surface area contributed by atoms with Gasteiger partial charge in [0.05, 0.1) is 78.5 Å². The number of rotatable bonds is 47. The van der Waals surface area contributed by atoms with Crippen molar-refractivity contribution in [2.24, 2.45) is 23.7 Å². The molecule has 0 aliphatic heterocycles. The summed E-state index contributed by atoms with van der Waals surface area (Å²) in [6.07, 6.45) is 18.6. The lowest BCUT2D eigenvalue weighted by Crippen LogP contribution is -2.48. The first-order valence-electron chi connectivity index (χ1n) is 33.3. The van der Waals surface area contributed by atoms with Crippen molar-refractivity contribution in [3.8, 4) is 0 Å². The van der Waals surface area contributed by atoms with Crippen LogP contribution in [0.2, 0.25) is 0 Å². The van der Waals surface area contributed by atoms with Crippen LogP contribution in [0.1, 0.15) is 235 Å². The molecule has 2 rings (SSSR count). The van der Waals surface area contributed by atoms with Crippen LogP contribution in [0.15, 0.2) is 60.7 Å². The first-order chi connectivity index (χ1) is 41.0. The second-order valence-corrected chi connectivity index (χ2v) is 26.9. The second-order valence-electron chi connectivity index (χ2n) is 23.8. The van der Waals surface area contributed by atoms with E-state index < -0.39 is 67.5 Å². The first-order valence-corrected chi connectivity index (χ1v) is 36.2. The minimum atomic E-state index is -5.01. The van der Waals surface area contributed by atoms with Gasteiger partial charge in [-0.2, -0.15) is 0 Å². The van der Waals surface area contributed by atoms with Crippen LogP contribution in [0.25, 0.3) is 0 Å². The molecule has 2 aromatic rings. The Kier molecular flexibility index (Phi) is 45.8. The standard InChI is InChI=1S/C28H46N2.2C20H38O7S/c1-5-29(6-2,25-27-19-13-11-14-20-27)23-17-9-10-18-24-30(7-3,8-4)26-28-21-15-12-16-22-28;2*1-5-9-11-16(7-3)14-26-19(21)13-18(28(23,24)25)20(22)27-15-17(8-4)12-10-6-2/h11-16,19-22H,5-10,17-18,23-26H2,1-4H3;2*16-18H,5-15H2,1-4H3,(H,23,24,25)/q+2;;/p-2. The Morgan fingerprint density at radius 1 is 0.395 bits per heavy atom. The number of carbonyl (C=O) groups excluding carboxylic acids is 4. The van der Waals surface area contributed by atoms with Gasteiger partial charge in [-0.1, -0.05) is 193 Å². The average molecular weight is 1250 g/mol. The Hall–Kier alpha value is -3.94. The summed E-state index contributed by atoms with van der Waals surface area (Å²) < 4.78 is 91.6. The highest BCUT2D eigenvalue weighted by molar-refractivity contribution is 7.87. The summed E-state index contributed by atoms with van der Waals surface area (Å²) in [5.41, 5.74) is 2.96. The fourth-order valence-electron chi connectivity index (χ4n) is 10.5. The van der Waals surface area contributed by atoms with E-state index in [0.29, 0.717) is 0 Å². The molecule has 0 saturated carbocycles. The fraction of sp³-hybridized carbons (Fsp3) is 0.765. The number of esters is 4. The average Bonchev–Trinajstić information content (AvgIpc) is 3.70. The van der Waals surface area contributed by atoms with E-state index in [1.165, 1.54) is 98.1 Å². The smallest absolute Gasteiger partial charge is 0.323 e. The molecule has 0 aromatic heterocycles. The van der Waals surface area contributed by atoms with Crippen LogP contribution in [0.3, 0.4) is 0 Å². The molecule has 0 aliphatic carbocycles. The molecular formula is C68H120N2O14S2. The Bertz CT molecular complexity index is 2120. The van der Waals surface area contributed by atoms with Gasteiger partial charge in [0.25, 0.3) is 0 Å². The third-order valence-corrected chi connectivity index (χ3v) is 19.5. The largest absolute Gasteiger partial charge is 0.747 e. The maximum atomic E-state index is 12.1. The maximum absolute atomic E-state index is 12.1. The Morgan fingerprint density at radius 3 is 0.895 bits per heavy atom. The van der Waals surface area contributed by atoms with Gasteiger partial charge >= 0.3 is 23.9 Å². The van der Waals surface area contributed by atoms with Gasteiger partial charge in [0, 0.05) is 11.1 Å². The molecule has 0 aliphatic rings. The molecule has 6 atom stereocenters. The lowest BCUT2D eigenvalue weighted by atomic mass is 10.0. The number of carbonyl (C=O) groups is 4. The number of ether oxygens (including phenoxy) is 4. The van der Waals surface area contributed by atoms with Gasteiger partial charge in [-0.15, -0.1) is 0 Å². The Labute approximate surface area is 523 Å². The molecule has 86 heavy (non-hydrogen) atoms. The maximum Gasteiger partial charge on any atom is 0.323 e. The zero-order valence-electron chi connectivity index (χ0n) is 55.7. The zero-order chi connectivity index (χ0) is 64.9. The van der Waals surface area contributed by atoms with Crippen molar-refractivity contribution in [2.75, 3.05) is 65.7 Å². The molecule has 498 valence electrons. The summed E-state index contributed by atoms with van der Waals surface area (Å²) >= 11 is 0. The third kappa shape index (κ3) is 36.5. The van der Waals surface area contributed by atoms with Gasteiger partial charge in [-0.05, 0) is 103 Å². The van der Waals surface area contributed by atoms with E-state index in [-0.39, 0.29) is 50.1 Å². The van der Waals surface area contributed by atoms with E-state index in [4.69, 9.17) is 18.9 Å². The molecule has 0 saturated heterocycles. The van der Waals surface area contributed by atoms with E-state index >= 15 is 0 Å². The molecule has 0 amide bonds. The minimum absolute atomic E-state index is 0.0470. The van der Waals surface area contributed by atoms with E-state index in [2.05, 4.69) is 116 Å². The van der Waals surface area contributed by atoms with Crippen LogP contribution in [0.4, 0.5) is 0 Å². The van der Waals surface area contributed by atoms with Crippen LogP contribution >= 0.6 is 0 Å². The van der Waals surface area contributed by atoms with Crippen LogP contribution in [0, 0.1) is 23.7 Å². The predicted molar refractivity (Wildman–Crippen MR) is 344 cm³/mol. The quantitative estimate of drug-likeness (QED) is 0.0198. The van der Waals surface area contributed by atoms with E-state index in [0.717, 1.165) is 103 Å². The molecule has 0 radical (unpaired) electrons. The third-order valence-electron chi connectivity index (χ3n) is 17.4. The van der Waals surface area contributed by atoms with Crippen molar-refractivity contribution in [1.82, 2.24) is 0 Å². The van der Waals surface area contributed by atoms with Crippen LogP contribution in [-0.2, 0) is 71.5 Å². The summed E-state index contributed by atoms with van der Waals surface area (Å²) in [5.74, 6) is -3.49. The van der Waals surface area contributed by atoms with Crippen molar-refractivity contribution in [2.45, 2.75) is 248 Å². The second kappa shape index (κ2) is 48.0. The number of benzene rings is 2. The van der Waals surface area contributed by atoms with Gasteiger partial charge < -0.3 is 37.0 Å². The number of hydrogen-bond donors (Lipinski definition) is 0. The summed E-state index contributed by atoms with van der Waals surface area (Å²) in [4.78, 5) is 48.3. The van der Waals surface area contributed by atoms with E-state index in [1.54, 1.807) is 0 Å². The first kappa shape index (κ1) is 82.1. The fourth-order valence-corrected chi connectivity index (χ4v) is 11.8. The minimum Gasteiger partial charge on any atom is -0.747 e. The number of unbranched alkanes of at least 4 members (excludes halogenated alkanes) is 7. The van der Waals surface area contributed by atoms with Gasteiger partial charge in [-0.25, -0.2) is 16.8 Å². The highest BCUT2D eigenvalue weighted by atomic mass is 32.2. The van der Waals surface area contributed by atoms with E-state index in [1.807, 2.05) is 27.7 Å². The van der Waals surface area contributed by atoms with Crippen molar-refractivity contribution in [3.05, 3.63) is 71.8 Å². The molecule has 0 N–H and O–H groups in total. The molecule has 6 unspecified atom stereocenters. The van der Waals surface area contributed by atoms with Gasteiger partial charge in [0.2, 0.25) is 0 Å². The summed E-state index contributed by atoms with van der Waals surface area (Å²) in [5, 5.41) is -4.11. The summed E-state index contributed by atoms with van der Waals surface area (Å²) in [6.45, 7) is 35.9. The number of nitrogens with zero attached hydrogens (tertiary/aromatic N) is 2. The molecule has 0 heterocycles. The molecule has 2 aromatic carbocycles. The van der Waals surface area contributed by atoms with Crippen LogP contribution in [-0.4, -0.2) is 135 Å². The molecule has 0 spiro atoms. The molecule has 0 fully saturated rings. The van der Waals surface area contributed by atoms with Gasteiger partial charge in [0.15, 0.2) is 10.5 Å².